The van der Waals surface area contributed by atoms with E-state index < -0.39 is 12.0 Å². The highest BCUT2D eigenvalue weighted by atomic mass is 35.5. The summed E-state index contributed by atoms with van der Waals surface area (Å²) < 4.78 is 1.84. The molecule has 0 radical (unpaired) electrons. The molecule has 1 fully saturated rings. The summed E-state index contributed by atoms with van der Waals surface area (Å²) in [5.74, 6) is -0.404. The lowest BCUT2D eigenvalue weighted by Crippen LogP contribution is -2.34. The van der Waals surface area contributed by atoms with Gasteiger partial charge in [0.05, 0.1) is 11.1 Å². The highest BCUT2D eigenvalue weighted by molar-refractivity contribution is 7.18. The number of nitrogens with one attached hydrogen (secondary N) is 1. The number of likely N-dealkylation sites (tertiary alicyclic amines) is 1. The standard InChI is InChI=1S/C27H27ClN4O3S/c1-31-16-21(26(35)30-14-17-7-9-18(28)10-8-17)24(33)20-13-19(36-27(20)31)15-32-12-4-6-23(32)25(34)22-5-2-3-11-29-22/h2-3,5,7-11,13,16,23,25,34H,4,6,12,14-15H2,1H3,(H,30,35)/t23-,25?/m1/s1. The second kappa shape index (κ2) is 10.5. The molecule has 1 aliphatic rings. The van der Waals surface area contributed by atoms with Crippen LogP contribution in [-0.4, -0.2) is 38.1 Å². The maximum atomic E-state index is 13.2. The van der Waals surface area contributed by atoms with E-state index in [0.29, 0.717) is 29.2 Å². The van der Waals surface area contributed by atoms with Gasteiger partial charge >= 0.3 is 0 Å². The van der Waals surface area contributed by atoms with Gasteiger partial charge < -0.3 is 15.0 Å². The molecular weight excluding hydrogens is 496 g/mol. The first-order chi connectivity index (χ1) is 17.4. The topological polar surface area (TPSA) is 87.5 Å². The number of aliphatic hydroxyl groups excluding tert-OH is 1. The SMILES string of the molecule is Cn1cc(C(=O)NCc2ccc(Cl)cc2)c(=O)c2cc(CN3CCC[C@@H]3C(O)c3ccccn3)sc21. The van der Waals surface area contributed by atoms with Crippen LogP contribution >= 0.6 is 22.9 Å². The van der Waals surface area contributed by atoms with Gasteiger partial charge in [0.2, 0.25) is 5.43 Å². The number of rotatable bonds is 7. The summed E-state index contributed by atoms with van der Waals surface area (Å²) in [7, 11) is 1.85. The number of nitrogens with zero attached hydrogens (tertiary/aromatic N) is 3. The van der Waals surface area contributed by atoms with Gasteiger partial charge in [-0.25, -0.2) is 0 Å². The number of hydrogen-bond donors (Lipinski definition) is 2. The molecular formula is C27H27ClN4O3S. The number of amides is 1. The second-order valence-electron chi connectivity index (χ2n) is 9.10. The van der Waals surface area contributed by atoms with Crippen molar-refractivity contribution in [2.24, 2.45) is 7.05 Å². The Morgan fingerprint density at radius 1 is 1.28 bits per heavy atom. The Balaban J connectivity index is 1.34. The van der Waals surface area contributed by atoms with Crippen LogP contribution in [0.3, 0.4) is 0 Å². The molecule has 2 N–H and O–H groups in total. The molecule has 9 heteroatoms. The number of thiophene rings is 1. The molecule has 1 saturated heterocycles. The number of halogens is 1. The molecule has 7 nitrogen and oxygen atoms in total. The highest BCUT2D eigenvalue weighted by Crippen LogP contribution is 2.32. The summed E-state index contributed by atoms with van der Waals surface area (Å²) in [5.41, 5.74) is 1.42. The lowest BCUT2D eigenvalue weighted by atomic mass is 10.0. The molecule has 3 aromatic heterocycles. The van der Waals surface area contributed by atoms with Crippen molar-refractivity contribution in [1.82, 2.24) is 19.8 Å². The Labute approximate surface area is 218 Å². The second-order valence-corrected chi connectivity index (χ2v) is 10.7. The number of benzene rings is 1. The molecule has 36 heavy (non-hydrogen) atoms. The minimum absolute atomic E-state index is 0.0280. The molecule has 0 spiro atoms. The van der Waals surface area contributed by atoms with Crippen LogP contribution in [0.25, 0.3) is 10.2 Å². The van der Waals surface area contributed by atoms with Gasteiger partial charge in [0.15, 0.2) is 0 Å². The van der Waals surface area contributed by atoms with Gasteiger partial charge in [0.1, 0.15) is 16.5 Å². The number of aromatic nitrogens is 2. The number of carbonyl (C=O) groups is 1. The smallest absolute Gasteiger partial charge is 0.257 e. The van der Waals surface area contributed by atoms with E-state index in [1.165, 1.54) is 0 Å². The van der Waals surface area contributed by atoms with Gasteiger partial charge in [-0.15, -0.1) is 11.3 Å². The number of hydrogen-bond acceptors (Lipinski definition) is 6. The zero-order valence-corrected chi connectivity index (χ0v) is 21.4. The Kier molecular flexibility index (Phi) is 7.20. The zero-order chi connectivity index (χ0) is 25.2. The highest BCUT2D eigenvalue weighted by Gasteiger charge is 2.32. The fourth-order valence-corrected chi connectivity index (χ4v) is 6.03. The molecule has 2 atom stereocenters. The van der Waals surface area contributed by atoms with Crippen molar-refractivity contribution < 1.29 is 9.90 Å². The summed E-state index contributed by atoms with van der Waals surface area (Å²) in [4.78, 5) is 34.5. The van der Waals surface area contributed by atoms with Crippen LogP contribution in [0.2, 0.25) is 5.02 Å². The van der Waals surface area contributed by atoms with Gasteiger partial charge in [0, 0.05) is 48.5 Å². The van der Waals surface area contributed by atoms with Gasteiger partial charge in [-0.05, 0) is 55.3 Å². The van der Waals surface area contributed by atoms with Crippen LogP contribution in [0.15, 0.2) is 65.7 Å². The predicted molar refractivity (Wildman–Crippen MR) is 142 cm³/mol. The monoisotopic (exact) mass is 522 g/mol. The van der Waals surface area contributed by atoms with Gasteiger partial charge in [-0.3, -0.25) is 19.5 Å². The van der Waals surface area contributed by atoms with Crippen LogP contribution in [0.1, 0.15) is 45.4 Å². The molecule has 5 rings (SSSR count). The largest absolute Gasteiger partial charge is 0.385 e. The maximum absolute atomic E-state index is 13.2. The molecule has 1 amide bonds. The quantitative estimate of drug-likeness (QED) is 0.378. The molecule has 0 aliphatic carbocycles. The number of aliphatic hydroxyl groups is 1. The average Bonchev–Trinajstić information content (AvgIpc) is 3.54. The Morgan fingerprint density at radius 3 is 2.83 bits per heavy atom. The van der Waals surface area contributed by atoms with Crippen molar-refractivity contribution in [2.75, 3.05) is 6.54 Å². The van der Waals surface area contributed by atoms with E-state index in [1.54, 1.807) is 35.9 Å². The molecule has 0 saturated carbocycles. The molecule has 1 unspecified atom stereocenters. The summed E-state index contributed by atoms with van der Waals surface area (Å²) >= 11 is 7.47. The van der Waals surface area contributed by atoms with Crippen molar-refractivity contribution in [3.05, 3.63) is 97.9 Å². The van der Waals surface area contributed by atoms with E-state index in [-0.39, 0.29) is 17.0 Å². The lowest BCUT2D eigenvalue weighted by Gasteiger charge is -2.27. The number of fused-ring (bicyclic) bond motifs is 1. The van der Waals surface area contributed by atoms with Crippen molar-refractivity contribution in [3.8, 4) is 0 Å². The van der Waals surface area contributed by atoms with E-state index in [4.69, 9.17) is 11.6 Å². The molecule has 0 bridgehead atoms. The van der Waals surface area contributed by atoms with Crippen LogP contribution in [0.5, 0.6) is 0 Å². The van der Waals surface area contributed by atoms with E-state index in [9.17, 15) is 14.7 Å². The third-order valence-electron chi connectivity index (χ3n) is 6.64. The summed E-state index contributed by atoms with van der Waals surface area (Å²) in [6.45, 7) is 1.81. The van der Waals surface area contributed by atoms with Gasteiger partial charge in [0.25, 0.3) is 5.91 Å². The van der Waals surface area contributed by atoms with E-state index in [2.05, 4.69) is 15.2 Å². The van der Waals surface area contributed by atoms with Gasteiger partial charge in [-0.1, -0.05) is 29.8 Å². The first-order valence-corrected chi connectivity index (χ1v) is 13.1. The number of carbonyl (C=O) groups excluding carboxylic acids is 1. The number of aryl methyl sites for hydroxylation is 1. The molecule has 4 aromatic rings. The first-order valence-electron chi connectivity index (χ1n) is 11.9. The van der Waals surface area contributed by atoms with Crippen molar-refractivity contribution in [1.29, 1.82) is 0 Å². The maximum Gasteiger partial charge on any atom is 0.257 e. The normalized spacial score (nSPS) is 16.9. The molecule has 1 aliphatic heterocycles. The summed E-state index contributed by atoms with van der Waals surface area (Å²) in [6.07, 6.45) is 4.53. The minimum atomic E-state index is -0.662. The molecule has 4 heterocycles. The van der Waals surface area contributed by atoms with Crippen molar-refractivity contribution in [2.45, 2.75) is 38.1 Å². The van der Waals surface area contributed by atoms with Gasteiger partial charge in [-0.2, -0.15) is 0 Å². The van der Waals surface area contributed by atoms with E-state index in [1.807, 2.05) is 48.0 Å². The van der Waals surface area contributed by atoms with E-state index >= 15 is 0 Å². The first kappa shape index (κ1) is 24.6. The third kappa shape index (κ3) is 5.08. The van der Waals surface area contributed by atoms with Crippen LogP contribution in [0, 0.1) is 0 Å². The fraction of sp³-hybridized carbons (Fsp3) is 0.296. The van der Waals surface area contributed by atoms with Crippen molar-refractivity contribution >= 4 is 39.1 Å². The molecule has 186 valence electrons. The fourth-order valence-electron chi connectivity index (χ4n) is 4.79. The van der Waals surface area contributed by atoms with Crippen LogP contribution in [0.4, 0.5) is 0 Å². The van der Waals surface area contributed by atoms with Crippen LogP contribution in [-0.2, 0) is 20.1 Å². The zero-order valence-electron chi connectivity index (χ0n) is 19.9. The number of pyridine rings is 2. The Bertz CT molecular complexity index is 1440. The third-order valence-corrected chi connectivity index (χ3v) is 8.10. The van der Waals surface area contributed by atoms with E-state index in [0.717, 1.165) is 34.7 Å². The summed E-state index contributed by atoms with van der Waals surface area (Å²) in [6, 6.07) is 14.6. The van der Waals surface area contributed by atoms with Crippen LogP contribution < -0.4 is 10.7 Å². The Hall–Kier alpha value is -3.04. The Morgan fingerprint density at radius 2 is 2.08 bits per heavy atom. The predicted octanol–water partition coefficient (Wildman–Crippen LogP) is 4.28. The minimum Gasteiger partial charge on any atom is -0.385 e. The molecule has 1 aromatic carbocycles. The summed E-state index contributed by atoms with van der Waals surface area (Å²) in [5, 5.41) is 14.9. The van der Waals surface area contributed by atoms with Crippen molar-refractivity contribution in [3.63, 3.8) is 0 Å². The average molecular weight is 523 g/mol. The lowest BCUT2D eigenvalue weighted by molar-refractivity contribution is 0.0662.